The maximum Gasteiger partial charge on any atom is 0.442 e. The predicted octanol–water partition coefficient (Wildman–Crippen LogP) is 4.22. The van der Waals surface area contributed by atoms with E-state index in [9.17, 15) is 22.8 Å². The Balaban J connectivity index is 1.81. The predicted molar refractivity (Wildman–Crippen MR) is 110 cm³/mol. The van der Waals surface area contributed by atoms with Gasteiger partial charge in [0.15, 0.2) is 0 Å². The molecule has 31 heavy (non-hydrogen) atoms. The first kappa shape index (κ1) is 21.1. The van der Waals surface area contributed by atoms with Crippen molar-refractivity contribution in [2.75, 3.05) is 0 Å². The van der Waals surface area contributed by atoms with Gasteiger partial charge in [-0.1, -0.05) is 60.9 Å². The van der Waals surface area contributed by atoms with Gasteiger partial charge in [-0.15, -0.1) is 0 Å². The van der Waals surface area contributed by atoms with Crippen LogP contribution in [-0.2, 0) is 4.79 Å². The van der Waals surface area contributed by atoms with Gasteiger partial charge < -0.3 is 5.32 Å². The smallest absolute Gasteiger partial charge is 0.312 e. The molecule has 1 aliphatic carbocycles. The Kier molecular flexibility index (Phi) is 5.33. The summed E-state index contributed by atoms with van der Waals surface area (Å²) in [6, 6.07) is 14.1. The summed E-state index contributed by atoms with van der Waals surface area (Å²) in [5.74, 6) is -2.31. The molecule has 2 aromatic carbocycles. The number of benzene rings is 2. The number of aryl methyl sites for hydroxylation is 1. The first-order valence-corrected chi connectivity index (χ1v) is 10.2. The van der Waals surface area contributed by atoms with Crippen LogP contribution >= 0.6 is 0 Å². The number of aliphatic imine (C=N–C) groups is 1. The Morgan fingerprint density at radius 1 is 1.10 bits per heavy atom. The van der Waals surface area contributed by atoms with E-state index < -0.39 is 23.7 Å². The minimum atomic E-state index is -5.11. The fourth-order valence-corrected chi connectivity index (χ4v) is 4.18. The Morgan fingerprint density at radius 3 is 2.39 bits per heavy atom. The SMILES string of the molecule is Cc1cccc(C(=O)NC2(C(F)(F)F)N=C(c3ccccc3)N(C3CCCC3)C2=O)c1. The van der Waals surface area contributed by atoms with Gasteiger partial charge in [0.2, 0.25) is 0 Å². The normalized spacial score (nSPS) is 22.0. The van der Waals surface area contributed by atoms with E-state index in [2.05, 4.69) is 4.99 Å². The molecule has 0 spiro atoms. The molecule has 1 heterocycles. The number of nitrogens with one attached hydrogen (secondary N) is 1. The second-order valence-corrected chi connectivity index (χ2v) is 7.95. The number of rotatable bonds is 4. The van der Waals surface area contributed by atoms with Gasteiger partial charge in [0.05, 0.1) is 0 Å². The van der Waals surface area contributed by atoms with Crippen LogP contribution in [0.5, 0.6) is 0 Å². The van der Waals surface area contributed by atoms with E-state index in [1.807, 2.05) is 5.32 Å². The summed E-state index contributed by atoms with van der Waals surface area (Å²) in [6.45, 7) is 1.73. The van der Waals surface area contributed by atoms with Crippen molar-refractivity contribution in [2.24, 2.45) is 4.99 Å². The van der Waals surface area contributed by atoms with Gasteiger partial charge in [0.1, 0.15) is 5.84 Å². The van der Waals surface area contributed by atoms with E-state index in [0.717, 1.165) is 17.7 Å². The third-order valence-electron chi connectivity index (χ3n) is 5.74. The summed E-state index contributed by atoms with van der Waals surface area (Å²) in [5, 5.41) is 1.94. The van der Waals surface area contributed by atoms with E-state index in [1.54, 1.807) is 49.4 Å². The maximum atomic E-state index is 14.4. The number of amides is 2. The van der Waals surface area contributed by atoms with Crippen LogP contribution in [0.4, 0.5) is 13.2 Å². The van der Waals surface area contributed by atoms with Gasteiger partial charge in [0.25, 0.3) is 11.8 Å². The van der Waals surface area contributed by atoms with Crippen LogP contribution in [0.2, 0.25) is 0 Å². The third-order valence-corrected chi connectivity index (χ3v) is 5.74. The van der Waals surface area contributed by atoms with E-state index in [0.29, 0.717) is 24.0 Å². The first-order valence-electron chi connectivity index (χ1n) is 10.2. The zero-order valence-corrected chi connectivity index (χ0v) is 16.9. The molecule has 1 fully saturated rings. The van der Waals surface area contributed by atoms with Crippen molar-refractivity contribution in [3.05, 3.63) is 71.3 Å². The monoisotopic (exact) mass is 429 g/mol. The van der Waals surface area contributed by atoms with Crippen LogP contribution in [-0.4, -0.2) is 40.4 Å². The number of hydrogen-bond donors (Lipinski definition) is 1. The summed E-state index contributed by atoms with van der Waals surface area (Å²) < 4.78 is 43.2. The number of hydrogen-bond acceptors (Lipinski definition) is 3. The lowest BCUT2D eigenvalue weighted by Gasteiger charge is -2.31. The van der Waals surface area contributed by atoms with Gasteiger partial charge in [-0.2, -0.15) is 13.2 Å². The van der Waals surface area contributed by atoms with Crippen LogP contribution in [0.15, 0.2) is 59.6 Å². The van der Waals surface area contributed by atoms with Crippen LogP contribution in [0.1, 0.15) is 47.2 Å². The molecule has 8 heteroatoms. The van der Waals surface area contributed by atoms with Gasteiger partial charge in [-0.25, -0.2) is 4.99 Å². The topological polar surface area (TPSA) is 61.8 Å². The number of carbonyl (C=O) groups excluding carboxylic acids is 2. The molecule has 4 rings (SSSR count). The molecule has 5 nitrogen and oxygen atoms in total. The van der Waals surface area contributed by atoms with Crippen molar-refractivity contribution in [1.29, 1.82) is 0 Å². The number of amidine groups is 1. The number of halogens is 3. The largest absolute Gasteiger partial charge is 0.442 e. The highest BCUT2D eigenvalue weighted by Crippen LogP contribution is 2.41. The lowest BCUT2D eigenvalue weighted by Crippen LogP contribution is -2.64. The molecular formula is C23H22F3N3O2. The molecule has 0 aromatic heterocycles. The van der Waals surface area contributed by atoms with Gasteiger partial charge in [-0.3, -0.25) is 14.5 Å². The number of nitrogens with zero attached hydrogens (tertiary/aromatic N) is 2. The summed E-state index contributed by atoms with van der Waals surface area (Å²) >= 11 is 0. The molecule has 1 unspecified atom stereocenters. The van der Waals surface area contributed by atoms with Gasteiger partial charge in [-0.05, 0) is 31.9 Å². The summed E-state index contributed by atoms with van der Waals surface area (Å²) in [7, 11) is 0. The van der Waals surface area contributed by atoms with Crippen molar-refractivity contribution in [1.82, 2.24) is 10.2 Å². The van der Waals surface area contributed by atoms with E-state index in [4.69, 9.17) is 0 Å². The standard InChI is InChI=1S/C23H22F3N3O2/c1-15-8-7-11-17(14-15)20(30)28-22(23(24,25)26)21(31)29(18-12-5-6-13-18)19(27-22)16-9-3-2-4-10-16/h2-4,7-11,14,18H,5-6,12-13H2,1H3,(H,28,30). The lowest BCUT2D eigenvalue weighted by atomic mass is 10.1. The van der Waals surface area contributed by atoms with E-state index in [1.165, 1.54) is 12.1 Å². The number of carbonyl (C=O) groups is 2. The molecule has 1 aliphatic heterocycles. The van der Waals surface area contributed by atoms with Crippen molar-refractivity contribution in [3.8, 4) is 0 Å². The van der Waals surface area contributed by atoms with E-state index >= 15 is 0 Å². The molecule has 162 valence electrons. The average Bonchev–Trinajstić information content (AvgIpc) is 3.35. The highest BCUT2D eigenvalue weighted by Gasteiger charge is 2.68. The fourth-order valence-electron chi connectivity index (χ4n) is 4.18. The minimum absolute atomic E-state index is 0.0344. The van der Waals surface area contributed by atoms with Crippen LogP contribution < -0.4 is 5.32 Å². The second kappa shape index (κ2) is 7.83. The highest BCUT2D eigenvalue weighted by atomic mass is 19.4. The van der Waals surface area contributed by atoms with Gasteiger partial charge >= 0.3 is 11.8 Å². The molecule has 0 radical (unpaired) electrons. The summed E-state index contributed by atoms with van der Waals surface area (Å²) in [4.78, 5) is 31.2. The Morgan fingerprint density at radius 2 is 1.77 bits per heavy atom. The number of alkyl halides is 3. The van der Waals surface area contributed by atoms with E-state index in [-0.39, 0.29) is 17.4 Å². The molecule has 1 atom stereocenters. The third kappa shape index (κ3) is 3.71. The first-order chi connectivity index (χ1) is 14.7. The maximum absolute atomic E-state index is 14.4. The van der Waals surface area contributed by atoms with Crippen LogP contribution in [0.25, 0.3) is 0 Å². The molecule has 2 aliphatic rings. The second-order valence-electron chi connectivity index (χ2n) is 7.95. The molecule has 0 bridgehead atoms. The van der Waals surface area contributed by atoms with Gasteiger partial charge in [0, 0.05) is 17.2 Å². The van der Waals surface area contributed by atoms with Crippen molar-refractivity contribution < 1.29 is 22.8 Å². The Labute approximate surface area is 178 Å². The van der Waals surface area contributed by atoms with Crippen molar-refractivity contribution in [3.63, 3.8) is 0 Å². The lowest BCUT2D eigenvalue weighted by molar-refractivity contribution is -0.196. The van der Waals surface area contributed by atoms with Crippen LogP contribution in [0.3, 0.4) is 0 Å². The Bertz CT molecular complexity index is 1030. The molecule has 0 saturated heterocycles. The summed E-state index contributed by atoms with van der Waals surface area (Å²) in [6.07, 6.45) is -2.28. The highest BCUT2D eigenvalue weighted by molar-refractivity contribution is 6.17. The quantitative estimate of drug-likeness (QED) is 0.791. The zero-order valence-electron chi connectivity index (χ0n) is 16.9. The van der Waals surface area contributed by atoms with Crippen LogP contribution in [0, 0.1) is 6.92 Å². The fraction of sp³-hybridized carbons (Fsp3) is 0.348. The minimum Gasteiger partial charge on any atom is -0.312 e. The average molecular weight is 429 g/mol. The molecule has 2 amide bonds. The Hall–Kier alpha value is -3.16. The molecule has 2 aromatic rings. The van der Waals surface area contributed by atoms with Crippen molar-refractivity contribution in [2.45, 2.75) is 50.5 Å². The molecule has 1 N–H and O–H groups in total. The van der Waals surface area contributed by atoms with Crippen molar-refractivity contribution >= 4 is 17.6 Å². The summed E-state index contributed by atoms with van der Waals surface area (Å²) in [5.41, 5.74) is -2.21. The zero-order chi connectivity index (χ0) is 22.2. The molecule has 1 saturated carbocycles. The molecular weight excluding hydrogens is 407 g/mol.